The summed E-state index contributed by atoms with van der Waals surface area (Å²) in [5.74, 6) is 0. The second-order valence-corrected chi connectivity index (χ2v) is 29.9. The van der Waals surface area contributed by atoms with Gasteiger partial charge in [-0.25, -0.2) is 0 Å². The molecular weight excluding hydrogens is 1380 g/mol. The standard InChI is InChI=1S/C110H72N4/c1-5-29-73(30-6-1)79-41-21-45-83(65-79)94-55-27-56-95(84-46-22-42-80(66-84)74-31-7-2-8-32-74)108(94)112-102-63-61-87(92-53-25-39-77-37-13-15-49-90(77)92)69-104(102)114-105-70-88(93-54-26-40-78-38-14-16-50-91(78)93)62-64-103(105)113(107-72-89(71-106(112)110(107)114)111-100-59-19-17-51-98(100)99-52-18-20-60-101(99)111)109-96(85-47-23-43-81(67-85)75-33-9-3-10-34-75)57-28-58-97(109)86-48-24-44-82(68-86)76-35-11-4-12-36-76/h1-72H. The van der Waals surface area contributed by atoms with E-state index < -0.39 is 0 Å². The Balaban J connectivity index is 0.925. The largest absolute Gasteiger partial charge is 0.309 e. The molecule has 0 radical (unpaired) electrons. The van der Waals surface area contributed by atoms with Crippen LogP contribution in [0.15, 0.2) is 437 Å². The van der Waals surface area contributed by atoms with Gasteiger partial charge >= 0.3 is 0 Å². The van der Waals surface area contributed by atoms with Crippen LogP contribution in [0.25, 0.3) is 160 Å². The number of benzene rings is 19. The molecule has 0 saturated heterocycles. The van der Waals surface area contributed by atoms with Gasteiger partial charge < -0.3 is 19.3 Å². The lowest BCUT2D eigenvalue weighted by Crippen LogP contribution is -2.31. The van der Waals surface area contributed by atoms with Crippen molar-refractivity contribution in [1.29, 1.82) is 0 Å². The van der Waals surface area contributed by atoms with Crippen molar-refractivity contribution in [3.05, 3.63) is 437 Å². The number of anilines is 9. The fourth-order valence-electron chi connectivity index (χ4n) is 18.2. The van der Waals surface area contributed by atoms with Gasteiger partial charge in [0.2, 0.25) is 0 Å². The lowest BCUT2D eigenvalue weighted by atomic mass is 9.88. The Labute approximate surface area is 663 Å². The normalized spacial score (nSPS) is 12.2. The molecule has 0 unspecified atom stereocenters. The van der Waals surface area contributed by atoms with E-state index in [4.69, 9.17) is 0 Å². The third-order valence-corrected chi connectivity index (χ3v) is 23.4. The molecule has 0 spiro atoms. The maximum Gasteiger partial charge on any atom is 0.0949 e. The number of aromatic nitrogens is 1. The van der Waals surface area contributed by atoms with Crippen LogP contribution >= 0.6 is 0 Å². The summed E-state index contributed by atoms with van der Waals surface area (Å²) >= 11 is 0. The van der Waals surface area contributed by atoms with Crippen LogP contribution in [-0.2, 0) is 0 Å². The zero-order chi connectivity index (χ0) is 75.2. The predicted octanol–water partition coefficient (Wildman–Crippen LogP) is 30.8. The van der Waals surface area contributed by atoms with Gasteiger partial charge in [-0.1, -0.05) is 364 Å². The van der Waals surface area contributed by atoms with E-state index in [1.807, 2.05) is 0 Å². The van der Waals surface area contributed by atoms with E-state index in [0.717, 1.165) is 179 Å². The van der Waals surface area contributed by atoms with Gasteiger partial charge in [-0.2, -0.15) is 0 Å². The van der Waals surface area contributed by atoms with Crippen LogP contribution in [0.4, 0.5) is 51.2 Å². The van der Waals surface area contributed by atoms with Crippen LogP contribution in [0.2, 0.25) is 0 Å². The fraction of sp³-hybridized carbons (Fsp3) is 0. The van der Waals surface area contributed by atoms with Crippen molar-refractivity contribution in [1.82, 2.24) is 4.57 Å². The lowest BCUT2D eigenvalue weighted by molar-refractivity contribution is 1.10. The molecule has 19 aromatic carbocycles. The van der Waals surface area contributed by atoms with Crippen LogP contribution in [0, 0.1) is 0 Å². The SMILES string of the molecule is c1ccc(-c2cccc(-c3cccc(-c4cccc(-c5ccccc5)c4)c3N3c4ccc(-c5cccc6ccccc56)cc4N4c5cc(-c6cccc7ccccc67)ccc5N(c5c(-c6cccc(-c7ccccc7)c6)cccc5-c5cccc(-c6ccccc6)c5)c5cc(-n6c7ccccc7c7ccccc76)cc3c54)c2)cc1. The van der Waals surface area contributed by atoms with Crippen molar-refractivity contribution in [2.75, 3.05) is 14.7 Å². The summed E-state index contributed by atoms with van der Waals surface area (Å²) < 4.78 is 2.53. The third kappa shape index (κ3) is 11.1. The smallest absolute Gasteiger partial charge is 0.0949 e. The van der Waals surface area contributed by atoms with Crippen LogP contribution < -0.4 is 14.7 Å². The quantitative estimate of drug-likeness (QED) is 0.114. The topological polar surface area (TPSA) is 14.7 Å². The van der Waals surface area contributed by atoms with E-state index >= 15 is 0 Å². The van der Waals surface area contributed by atoms with Gasteiger partial charge in [-0.15, -0.1) is 0 Å². The van der Waals surface area contributed by atoms with Crippen molar-refractivity contribution in [2.45, 2.75) is 0 Å². The minimum Gasteiger partial charge on any atom is -0.309 e. The van der Waals surface area contributed by atoms with Crippen molar-refractivity contribution in [3.63, 3.8) is 0 Å². The average molecular weight is 1450 g/mol. The molecule has 3 heterocycles. The first-order chi connectivity index (χ1) is 56.6. The molecule has 0 saturated carbocycles. The van der Waals surface area contributed by atoms with Gasteiger partial charge in [-0.05, 0) is 183 Å². The summed E-state index contributed by atoms with van der Waals surface area (Å²) in [6, 6.07) is 163. The summed E-state index contributed by atoms with van der Waals surface area (Å²) in [6.45, 7) is 0. The van der Waals surface area contributed by atoms with Crippen LogP contribution in [-0.4, -0.2) is 4.57 Å². The molecule has 4 heteroatoms. The van der Waals surface area contributed by atoms with Gasteiger partial charge in [-0.3, -0.25) is 0 Å². The van der Waals surface area contributed by atoms with Gasteiger partial charge in [0.25, 0.3) is 0 Å². The highest BCUT2D eigenvalue weighted by molar-refractivity contribution is 6.19. The lowest BCUT2D eigenvalue weighted by Gasteiger charge is -2.48. The van der Waals surface area contributed by atoms with Gasteiger partial charge in [0, 0.05) is 33.0 Å². The molecular formula is C110H72N4. The third-order valence-electron chi connectivity index (χ3n) is 23.4. The molecule has 2 aliphatic rings. The second kappa shape index (κ2) is 27.5. The van der Waals surface area contributed by atoms with Gasteiger partial charge in [0.15, 0.2) is 0 Å². The van der Waals surface area contributed by atoms with Crippen molar-refractivity contribution >= 4 is 94.5 Å². The number of nitrogens with zero attached hydrogens (tertiary/aromatic N) is 4. The molecule has 20 aromatic rings. The van der Waals surface area contributed by atoms with E-state index in [1.54, 1.807) is 0 Å². The Morgan fingerprint density at radius 1 is 0.140 bits per heavy atom. The predicted molar refractivity (Wildman–Crippen MR) is 481 cm³/mol. The minimum atomic E-state index is 1.00. The maximum atomic E-state index is 2.67. The highest BCUT2D eigenvalue weighted by Gasteiger charge is 2.43. The Hall–Kier alpha value is -15.1. The first kappa shape index (κ1) is 65.9. The fourth-order valence-corrected chi connectivity index (χ4v) is 18.2. The first-order valence-corrected chi connectivity index (χ1v) is 39.3. The average Bonchev–Trinajstić information content (AvgIpc) is 0.830. The summed E-state index contributed by atoms with van der Waals surface area (Å²) in [7, 11) is 0. The second-order valence-electron chi connectivity index (χ2n) is 29.9. The Morgan fingerprint density at radius 2 is 0.404 bits per heavy atom. The highest BCUT2D eigenvalue weighted by Crippen LogP contribution is 2.67. The zero-order valence-corrected chi connectivity index (χ0v) is 62.4. The maximum absolute atomic E-state index is 2.67. The molecule has 4 nitrogen and oxygen atoms in total. The summed E-state index contributed by atoms with van der Waals surface area (Å²) in [6.07, 6.45) is 0. The number of para-hydroxylation sites is 4. The first-order valence-electron chi connectivity index (χ1n) is 39.3. The number of hydrogen-bond acceptors (Lipinski definition) is 3. The Kier molecular flexibility index (Phi) is 15.9. The molecule has 1 aromatic heterocycles. The zero-order valence-electron chi connectivity index (χ0n) is 62.4. The van der Waals surface area contributed by atoms with Crippen LogP contribution in [0.5, 0.6) is 0 Å². The number of hydrogen-bond donors (Lipinski definition) is 0. The summed E-state index contributed by atoms with van der Waals surface area (Å²) in [5.41, 5.74) is 34.9. The van der Waals surface area contributed by atoms with E-state index in [-0.39, 0.29) is 0 Å². The Bertz CT molecular complexity index is 6550. The number of fused-ring (bicyclic) bond motifs is 9. The molecule has 532 valence electrons. The Morgan fingerprint density at radius 3 is 0.772 bits per heavy atom. The molecule has 0 amide bonds. The van der Waals surface area contributed by atoms with Gasteiger partial charge in [0.05, 0.1) is 67.9 Å². The summed E-state index contributed by atoms with van der Waals surface area (Å²) in [5, 5.41) is 7.11. The highest BCUT2D eigenvalue weighted by atomic mass is 15.3. The molecule has 0 aliphatic carbocycles. The molecule has 22 rings (SSSR count). The number of rotatable bonds is 13. The van der Waals surface area contributed by atoms with E-state index in [9.17, 15) is 0 Å². The van der Waals surface area contributed by atoms with Crippen molar-refractivity contribution in [3.8, 4) is 117 Å². The van der Waals surface area contributed by atoms with Crippen LogP contribution in [0.1, 0.15) is 0 Å². The monoisotopic (exact) mass is 1450 g/mol. The molecule has 0 bridgehead atoms. The molecule has 2 aliphatic heterocycles. The summed E-state index contributed by atoms with van der Waals surface area (Å²) in [4.78, 5) is 7.99. The van der Waals surface area contributed by atoms with Crippen LogP contribution in [0.3, 0.4) is 0 Å². The molecule has 0 fully saturated rings. The van der Waals surface area contributed by atoms with Crippen molar-refractivity contribution in [2.24, 2.45) is 0 Å². The van der Waals surface area contributed by atoms with Crippen molar-refractivity contribution < 1.29 is 0 Å². The van der Waals surface area contributed by atoms with E-state index in [2.05, 4.69) is 456 Å². The molecule has 0 atom stereocenters. The molecule has 0 N–H and O–H groups in total. The minimum absolute atomic E-state index is 1.00. The van der Waals surface area contributed by atoms with Gasteiger partial charge in [0.1, 0.15) is 0 Å². The molecule has 114 heavy (non-hydrogen) atoms. The van der Waals surface area contributed by atoms with E-state index in [0.29, 0.717) is 0 Å². The van der Waals surface area contributed by atoms with E-state index in [1.165, 1.54) is 32.3 Å².